The van der Waals surface area contributed by atoms with Crippen LogP contribution >= 0.6 is 0 Å². The molecule has 3 heteroatoms. The first-order valence-corrected chi connectivity index (χ1v) is 7.30. The second kappa shape index (κ2) is 7.63. The standard InChI is InChI=1S/C16H26N2O/c1-17-10-9-14-5-3-4-6-15(14)13-19-12-11-18(2)16-7-8-16/h3-6,16-17H,7-13H2,1-2H3. The molecule has 0 radical (unpaired) electrons. The molecule has 0 amide bonds. The van der Waals surface area contributed by atoms with Crippen LogP contribution in [0.15, 0.2) is 24.3 Å². The minimum Gasteiger partial charge on any atom is -0.375 e. The molecule has 0 heterocycles. The topological polar surface area (TPSA) is 24.5 Å². The van der Waals surface area contributed by atoms with Gasteiger partial charge in [-0.25, -0.2) is 0 Å². The fourth-order valence-corrected chi connectivity index (χ4v) is 2.29. The number of ether oxygens (including phenoxy) is 1. The molecule has 1 aromatic rings. The SMILES string of the molecule is CNCCc1ccccc1COCCN(C)C1CC1. The van der Waals surface area contributed by atoms with Crippen LogP contribution in [0.1, 0.15) is 24.0 Å². The van der Waals surface area contributed by atoms with Crippen molar-refractivity contribution >= 4 is 0 Å². The molecule has 0 bridgehead atoms. The van der Waals surface area contributed by atoms with E-state index in [0.717, 1.165) is 38.8 Å². The van der Waals surface area contributed by atoms with Gasteiger partial charge in [0.05, 0.1) is 13.2 Å². The first kappa shape index (κ1) is 14.5. The molecular weight excluding hydrogens is 236 g/mol. The van der Waals surface area contributed by atoms with Crippen molar-refractivity contribution in [2.45, 2.75) is 31.9 Å². The Labute approximate surface area is 116 Å². The number of rotatable bonds is 9. The minimum absolute atomic E-state index is 0.735. The number of nitrogens with zero attached hydrogens (tertiary/aromatic N) is 1. The van der Waals surface area contributed by atoms with Crippen molar-refractivity contribution in [2.75, 3.05) is 33.8 Å². The Balaban J connectivity index is 1.71. The third-order valence-electron chi connectivity index (χ3n) is 3.78. The van der Waals surface area contributed by atoms with E-state index in [1.807, 2.05) is 7.05 Å². The lowest BCUT2D eigenvalue weighted by Gasteiger charge is -2.16. The molecule has 106 valence electrons. The van der Waals surface area contributed by atoms with Crippen LogP contribution in [0.5, 0.6) is 0 Å². The van der Waals surface area contributed by atoms with E-state index in [2.05, 4.69) is 41.5 Å². The lowest BCUT2D eigenvalue weighted by molar-refractivity contribution is 0.0974. The Bertz CT molecular complexity index is 377. The van der Waals surface area contributed by atoms with Crippen molar-refractivity contribution in [2.24, 2.45) is 0 Å². The first-order valence-electron chi connectivity index (χ1n) is 7.30. The van der Waals surface area contributed by atoms with Crippen LogP contribution in [0.4, 0.5) is 0 Å². The summed E-state index contributed by atoms with van der Waals surface area (Å²) >= 11 is 0. The molecule has 1 aliphatic rings. The van der Waals surface area contributed by atoms with Gasteiger partial charge < -0.3 is 15.0 Å². The van der Waals surface area contributed by atoms with Gasteiger partial charge in [0.2, 0.25) is 0 Å². The number of hydrogen-bond acceptors (Lipinski definition) is 3. The van der Waals surface area contributed by atoms with Gasteiger partial charge in [-0.3, -0.25) is 0 Å². The van der Waals surface area contributed by atoms with Gasteiger partial charge in [0, 0.05) is 12.6 Å². The Morgan fingerprint density at radius 1 is 1.26 bits per heavy atom. The average Bonchev–Trinajstić information content (AvgIpc) is 3.26. The number of benzene rings is 1. The maximum Gasteiger partial charge on any atom is 0.0720 e. The molecule has 1 fully saturated rings. The van der Waals surface area contributed by atoms with Crippen LogP contribution < -0.4 is 5.32 Å². The van der Waals surface area contributed by atoms with Gasteiger partial charge in [0.25, 0.3) is 0 Å². The summed E-state index contributed by atoms with van der Waals surface area (Å²) in [5.41, 5.74) is 2.72. The highest BCUT2D eigenvalue weighted by atomic mass is 16.5. The van der Waals surface area contributed by atoms with E-state index in [1.54, 1.807) is 0 Å². The predicted octanol–water partition coefficient (Wildman–Crippen LogP) is 2.06. The monoisotopic (exact) mass is 262 g/mol. The summed E-state index contributed by atoms with van der Waals surface area (Å²) in [5, 5.41) is 3.20. The highest BCUT2D eigenvalue weighted by Gasteiger charge is 2.25. The van der Waals surface area contributed by atoms with Gasteiger partial charge >= 0.3 is 0 Å². The first-order chi connectivity index (χ1) is 9.31. The second-order valence-corrected chi connectivity index (χ2v) is 5.39. The van der Waals surface area contributed by atoms with Crippen LogP contribution in [0, 0.1) is 0 Å². The molecule has 1 aliphatic carbocycles. The van der Waals surface area contributed by atoms with E-state index in [1.165, 1.54) is 24.0 Å². The summed E-state index contributed by atoms with van der Waals surface area (Å²) in [7, 11) is 4.19. The number of hydrogen-bond donors (Lipinski definition) is 1. The van der Waals surface area contributed by atoms with Crippen molar-refractivity contribution in [3.63, 3.8) is 0 Å². The van der Waals surface area contributed by atoms with Crippen molar-refractivity contribution in [1.82, 2.24) is 10.2 Å². The lowest BCUT2D eigenvalue weighted by Crippen LogP contribution is -2.25. The molecule has 0 atom stereocenters. The molecule has 2 rings (SSSR count). The third-order valence-corrected chi connectivity index (χ3v) is 3.78. The maximum atomic E-state index is 5.83. The van der Waals surface area contributed by atoms with Crippen LogP contribution in [0.2, 0.25) is 0 Å². The Morgan fingerprint density at radius 2 is 2.00 bits per heavy atom. The molecule has 0 unspecified atom stereocenters. The van der Waals surface area contributed by atoms with Crippen molar-refractivity contribution < 1.29 is 4.74 Å². The maximum absolute atomic E-state index is 5.83. The largest absolute Gasteiger partial charge is 0.375 e. The van der Waals surface area contributed by atoms with Crippen LogP contribution in [-0.4, -0.2) is 44.7 Å². The van der Waals surface area contributed by atoms with Crippen LogP contribution in [-0.2, 0) is 17.8 Å². The van der Waals surface area contributed by atoms with Gasteiger partial charge in [0.15, 0.2) is 0 Å². The molecule has 0 aliphatic heterocycles. The summed E-state index contributed by atoms with van der Waals surface area (Å²) in [6.45, 7) is 3.62. The molecule has 0 saturated heterocycles. The molecule has 0 aromatic heterocycles. The normalized spacial score (nSPS) is 15.1. The smallest absolute Gasteiger partial charge is 0.0720 e. The Morgan fingerprint density at radius 3 is 2.68 bits per heavy atom. The second-order valence-electron chi connectivity index (χ2n) is 5.39. The zero-order chi connectivity index (χ0) is 13.5. The summed E-state index contributed by atoms with van der Waals surface area (Å²) in [6.07, 6.45) is 3.80. The zero-order valence-corrected chi connectivity index (χ0v) is 12.2. The van der Waals surface area contributed by atoms with Crippen molar-refractivity contribution in [3.05, 3.63) is 35.4 Å². The van der Waals surface area contributed by atoms with E-state index in [9.17, 15) is 0 Å². The lowest BCUT2D eigenvalue weighted by atomic mass is 10.1. The van der Waals surface area contributed by atoms with E-state index in [0.29, 0.717) is 0 Å². The van der Waals surface area contributed by atoms with Crippen LogP contribution in [0.25, 0.3) is 0 Å². The molecule has 1 N–H and O–H groups in total. The number of likely N-dealkylation sites (N-methyl/N-ethyl adjacent to an activating group) is 2. The molecular formula is C16H26N2O. The molecule has 1 saturated carbocycles. The van der Waals surface area contributed by atoms with Crippen molar-refractivity contribution in [1.29, 1.82) is 0 Å². The Kier molecular flexibility index (Phi) is 5.83. The van der Waals surface area contributed by atoms with Gasteiger partial charge in [-0.15, -0.1) is 0 Å². The zero-order valence-electron chi connectivity index (χ0n) is 12.2. The summed E-state index contributed by atoms with van der Waals surface area (Å²) in [6, 6.07) is 9.40. The quantitative estimate of drug-likeness (QED) is 0.689. The summed E-state index contributed by atoms with van der Waals surface area (Å²) in [4.78, 5) is 2.41. The number of nitrogens with one attached hydrogen (secondary N) is 1. The summed E-state index contributed by atoms with van der Waals surface area (Å²) in [5.74, 6) is 0. The van der Waals surface area contributed by atoms with E-state index >= 15 is 0 Å². The van der Waals surface area contributed by atoms with E-state index in [4.69, 9.17) is 4.74 Å². The molecule has 1 aromatic carbocycles. The van der Waals surface area contributed by atoms with Crippen LogP contribution in [0.3, 0.4) is 0 Å². The van der Waals surface area contributed by atoms with Gasteiger partial charge in [-0.05, 0) is 51.0 Å². The van der Waals surface area contributed by atoms with Gasteiger partial charge in [0.1, 0.15) is 0 Å². The van der Waals surface area contributed by atoms with Gasteiger partial charge in [-0.1, -0.05) is 24.3 Å². The van der Waals surface area contributed by atoms with Gasteiger partial charge in [-0.2, -0.15) is 0 Å². The highest BCUT2D eigenvalue weighted by Crippen LogP contribution is 2.24. The minimum atomic E-state index is 0.735. The average molecular weight is 262 g/mol. The molecule has 3 nitrogen and oxygen atoms in total. The van der Waals surface area contributed by atoms with Crippen molar-refractivity contribution in [3.8, 4) is 0 Å². The molecule has 0 spiro atoms. The van der Waals surface area contributed by atoms with E-state index in [-0.39, 0.29) is 0 Å². The van der Waals surface area contributed by atoms with E-state index < -0.39 is 0 Å². The Hall–Kier alpha value is -0.900. The molecule has 19 heavy (non-hydrogen) atoms. The highest BCUT2D eigenvalue weighted by molar-refractivity contribution is 5.26. The fourth-order valence-electron chi connectivity index (χ4n) is 2.29. The summed E-state index contributed by atoms with van der Waals surface area (Å²) < 4.78 is 5.83. The fraction of sp³-hybridized carbons (Fsp3) is 0.625. The third kappa shape index (κ3) is 4.94. The predicted molar refractivity (Wildman–Crippen MR) is 79.4 cm³/mol.